The Kier molecular flexibility index (Phi) is 8.02. The number of rotatable bonds is 8. The molecule has 2 amide bonds. The highest BCUT2D eigenvalue weighted by molar-refractivity contribution is 6.35. The smallest absolute Gasteiger partial charge is 0.329 e. The Morgan fingerprint density at radius 2 is 1.67 bits per heavy atom. The summed E-state index contributed by atoms with van der Waals surface area (Å²) in [4.78, 5) is 24.2. The van der Waals surface area contributed by atoms with Crippen molar-refractivity contribution in [1.29, 1.82) is 0 Å². The maximum Gasteiger partial charge on any atom is 0.329 e. The molecule has 0 aliphatic heterocycles. The first-order chi connectivity index (χ1) is 16.0. The van der Waals surface area contributed by atoms with Gasteiger partial charge in [0, 0.05) is 17.8 Å². The molecule has 3 aromatic carbocycles. The molecule has 0 atom stereocenters. The van der Waals surface area contributed by atoms with Gasteiger partial charge >= 0.3 is 11.8 Å². The third-order valence-corrected chi connectivity index (χ3v) is 4.87. The Hall–Kier alpha value is -4.33. The van der Waals surface area contributed by atoms with Gasteiger partial charge in [0.1, 0.15) is 11.5 Å². The summed E-state index contributed by atoms with van der Waals surface area (Å²) < 4.78 is 10.6. The minimum absolute atomic E-state index is 0.209. The normalized spacial score (nSPS) is 10.5. The molecule has 0 fully saturated rings. The molecule has 8 nitrogen and oxygen atoms in total. The summed E-state index contributed by atoms with van der Waals surface area (Å²) in [6.07, 6.45) is 1.46. The molecular formula is C25H26N4O4. The molecule has 0 spiro atoms. The van der Waals surface area contributed by atoms with Crippen molar-refractivity contribution in [3.63, 3.8) is 0 Å². The van der Waals surface area contributed by atoms with Gasteiger partial charge in [0.05, 0.1) is 26.1 Å². The summed E-state index contributed by atoms with van der Waals surface area (Å²) in [5.74, 6) is -0.320. The number of anilines is 2. The van der Waals surface area contributed by atoms with Gasteiger partial charge in [-0.15, -0.1) is 0 Å². The zero-order valence-electron chi connectivity index (χ0n) is 18.7. The lowest BCUT2D eigenvalue weighted by atomic mass is 10.1. The fraction of sp³-hybridized carbons (Fsp3) is 0.160. The van der Waals surface area contributed by atoms with Crippen molar-refractivity contribution < 1.29 is 19.1 Å². The van der Waals surface area contributed by atoms with Gasteiger partial charge in [-0.3, -0.25) is 9.59 Å². The van der Waals surface area contributed by atoms with Crippen LogP contribution < -0.4 is 25.5 Å². The van der Waals surface area contributed by atoms with Crippen LogP contribution in [0.25, 0.3) is 0 Å². The minimum Gasteiger partial charge on any atom is -0.497 e. The van der Waals surface area contributed by atoms with Crippen molar-refractivity contribution in [3.05, 3.63) is 83.4 Å². The topological polar surface area (TPSA) is 101 Å². The van der Waals surface area contributed by atoms with Gasteiger partial charge in [-0.05, 0) is 42.3 Å². The molecular weight excluding hydrogens is 420 g/mol. The lowest BCUT2D eigenvalue weighted by Gasteiger charge is -2.15. The van der Waals surface area contributed by atoms with E-state index in [4.69, 9.17) is 9.47 Å². The van der Waals surface area contributed by atoms with Crippen LogP contribution in [0, 0.1) is 6.92 Å². The maximum atomic E-state index is 12.1. The molecule has 0 saturated heterocycles. The number of amides is 2. The fourth-order valence-corrected chi connectivity index (χ4v) is 3.02. The van der Waals surface area contributed by atoms with E-state index in [0.717, 1.165) is 16.8 Å². The second kappa shape index (κ2) is 11.3. The molecule has 0 aliphatic carbocycles. The minimum atomic E-state index is -0.865. The second-order valence-corrected chi connectivity index (χ2v) is 7.09. The number of hydrazone groups is 1. The first-order valence-corrected chi connectivity index (χ1v) is 10.3. The maximum absolute atomic E-state index is 12.1. The summed E-state index contributed by atoms with van der Waals surface area (Å²) >= 11 is 0. The van der Waals surface area contributed by atoms with Gasteiger partial charge in [0.25, 0.3) is 0 Å². The highest BCUT2D eigenvalue weighted by Gasteiger charge is 2.13. The predicted octanol–water partition coefficient (Wildman–Crippen LogP) is 3.52. The van der Waals surface area contributed by atoms with Crippen molar-refractivity contribution in [2.45, 2.75) is 13.5 Å². The van der Waals surface area contributed by atoms with E-state index in [1.54, 1.807) is 38.5 Å². The summed E-state index contributed by atoms with van der Waals surface area (Å²) in [5.41, 5.74) is 6.44. The van der Waals surface area contributed by atoms with Gasteiger partial charge < -0.3 is 20.1 Å². The van der Waals surface area contributed by atoms with Crippen LogP contribution in [0.2, 0.25) is 0 Å². The van der Waals surface area contributed by atoms with Crippen LogP contribution >= 0.6 is 0 Å². The van der Waals surface area contributed by atoms with E-state index in [0.29, 0.717) is 22.7 Å². The SMILES string of the molecule is COc1ccc(CNC(=O)C(=O)N/N=C\c2cccc(OC)c2Nc2ccccc2C)cc1. The zero-order valence-corrected chi connectivity index (χ0v) is 18.7. The van der Waals surface area contributed by atoms with E-state index < -0.39 is 11.8 Å². The zero-order chi connectivity index (χ0) is 23.6. The van der Waals surface area contributed by atoms with E-state index in [2.05, 4.69) is 21.2 Å². The van der Waals surface area contributed by atoms with Crippen LogP contribution in [0.1, 0.15) is 16.7 Å². The summed E-state index contributed by atoms with van der Waals surface area (Å²) in [6, 6.07) is 20.5. The van der Waals surface area contributed by atoms with E-state index in [1.807, 2.05) is 49.4 Å². The number of nitrogens with zero attached hydrogens (tertiary/aromatic N) is 1. The number of carbonyl (C=O) groups excluding carboxylic acids is 2. The van der Waals surface area contributed by atoms with Crippen molar-refractivity contribution >= 4 is 29.4 Å². The number of methoxy groups -OCH3 is 2. The number of carbonyl (C=O) groups is 2. The molecule has 3 N–H and O–H groups in total. The predicted molar refractivity (Wildman–Crippen MR) is 128 cm³/mol. The summed E-state index contributed by atoms with van der Waals surface area (Å²) in [6.45, 7) is 2.20. The van der Waals surface area contributed by atoms with Gasteiger partial charge in [-0.25, -0.2) is 5.43 Å². The van der Waals surface area contributed by atoms with E-state index in [9.17, 15) is 9.59 Å². The van der Waals surface area contributed by atoms with Crippen LogP contribution in [0.3, 0.4) is 0 Å². The van der Waals surface area contributed by atoms with Gasteiger partial charge in [0.2, 0.25) is 0 Å². The van der Waals surface area contributed by atoms with E-state index in [-0.39, 0.29) is 6.54 Å². The van der Waals surface area contributed by atoms with Gasteiger partial charge in [-0.1, -0.05) is 42.5 Å². The Morgan fingerprint density at radius 1 is 0.909 bits per heavy atom. The van der Waals surface area contributed by atoms with Crippen LogP contribution in [-0.4, -0.2) is 32.2 Å². The lowest BCUT2D eigenvalue weighted by molar-refractivity contribution is -0.139. The Labute approximate surface area is 192 Å². The number of aryl methyl sites for hydroxylation is 1. The number of hydrogen-bond acceptors (Lipinski definition) is 6. The number of para-hydroxylation sites is 2. The second-order valence-electron chi connectivity index (χ2n) is 7.09. The Bertz CT molecular complexity index is 1140. The number of benzene rings is 3. The molecule has 0 heterocycles. The Balaban J connectivity index is 1.63. The van der Waals surface area contributed by atoms with Crippen molar-refractivity contribution in [2.75, 3.05) is 19.5 Å². The molecule has 0 aromatic heterocycles. The third kappa shape index (κ3) is 6.33. The Morgan fingerprint density at radius 3 is 2.36 bits per heavy atom. The third-order valence-electron chi connectivity index (χ3n) is 4.87. The molecule has 0 radical (unpaired) electrons. The average Bonchev–Trinajstić information content (AvgIpc) is 2.84. The lowest BCUT2D eigenvalue weighted by Crippen LogP contribution is -2.37. The molecule has 8 heteroatoms. The molecule has 3 rings (SSSR count). The number of ether oxygens (including phenoxy) is 2. The van der Waals surface area contributed by atoms with Crippen LogP contribution in [-0.2, 0) is 16.1 Å². The molecule has 33 heavy (non-hydrogen) atoms. The van der Waals surface area contributed by atoms with Crippen molar-refractivity contribution in [2.24, 2.45) is 5.10 Å². The number of nitrogens with one attached hydrogen (secondary N) is 3. The van der Waals surface area contributed by atoms with Gasteiger partial charge in [0.15, 0.2) is 0 Å². The first-order valence-electron chi connectivity index (χ1n) is 10.3. The number of hydrogen-bond donors (Lipinski definition) is 3. The molecule has 0 saturated carbocycles. The molecule has 170 valence electrons. The average molecular weight is 447 g/mol. The van der Waals surface area contributed by atoms with Crippen molar-refractivity contribution in [3.8, 4) is 11.5 Å². The van der Waals surface area contributed by atoms with E-state index in [1.165, 1.54) is 6.21 Å². The highest BCUT2D eigenvalue weighted by atomic mass is 16.5. The quantitative estimate of drug-likeness (QED) is 0.279. The van der Waals surface area contributed by atoms with Crippen LogP contribution in [0.4, 0.5) is 11.4 Å². The molecule has 0 bridgehead atoms. The van der Waals surface area contributed by atoms with E-state index >= 15 is 0 Å². The largest absolute Gasteiger partial charge is 0.497 e. The molecule has 3 aromatic rings. The molecule has 0 aliphatic rings. The summed E-state index contributed by atoms with van der Waals surface area (Å²) in [7, 11) is 3.16. The molecule has 0 unspecified atom stereocenters. The highest BCUT2D eigenvalue weighted by Crippen LogP contribution is 2.31. The van der Waals surface area contributed by atoms with Crippen LogP contribution in [0.5, 0.6) is 11.5 Å². The standard InChI is InChI=1S/C25H26N4O4/c1-17-7-4-5-9-21(17)28-23-19(8-6-10-22(23)33-3)16-27-29-25(31)24(30)26-15-18-11-13-20(32-2)14-12-18/h4-14,16,28H,15H2,1-3H3,(H,26,30)(H,29,31)/b27-16-. The van der Waals surface area contributed by atoms with Crippen molar-refractivity contribution in [1.82, 2.24) is 10.7 Å². The van der Waals surface area contributed by atoms with Gasteiger partial charge in [-0.2, -0.15) is 5.10 Å². The first kappa shape index (κ1) is 23.3. The monoisotopic (exact) mass is 446 g/mol. The fourth-order valence-electron chi connectivity index (χ4n) is 3.02. The summed E-state index contributed by atoms with van der Waals surface area (Å²) in [5, 5.41) is 9.85. The van der Waals surface area contributed by atoms with Crippen LogP contribution in [0.15, 0.2) is 71.8 Å².